The van der Waals surface area contributed by atoms with Crippen LogP contribution in [-0.2, 0) is 0 Å². The SMILES string of the molecule is O=C(O)c1nn(-c2ccc([N+](=O)[O-])cc2Br)ccc1=O. The Kier molecular flexibility index (Phi) is 3.61. The van der Waals surface area contributed by atoms with Gasteiger partial charge in [0.1, 0.15) is 0 Å². The average Bonchev–Trinajstić information content (AvgIpc) is 2.39. The minimum absolute atomic E-state index is 0.125. The summed E-state index contributed by atoms with van der Waals surface area (Å²) in [6.07, 6.45) is 1.28. The number of nitro benzene ring substituents is 1. The van der Waals surface area contributed by atoms with E-state index in [1.807, 2.05) is 0 Å². The van der Waals surface area contributed by atoms with E-state index < -0.39 is 22.0 Å². The van der Waals surface area contributed by atoms with Gasteiger partial charge in [-0.15, -0.1) is 0 Å². The highest BCUT2D eigenvalue weighted by atomic mass is 79.9. The van der Waals surface area contributed by atoms with Crippen molar-refractivity contribution in [2.45, 2.75) is 0 Å². The number of non-ortho nitro benzene ring substituents is 1. The van der Waals surface area contributed by atoms with E-state index in [1.54, 1.807) is 0 Å². The quantitative estimate of drug-likeness (QED) is 0.670. The van der Waals surface area contributed by atoms with Gasteiger partial charge < -0.3 is 5.11 Å². The molecule has 0 fully saturated rings. The molecule has 20 heavy (non-hydrogen) atoms. The fourth-order valence-corrected chi connectivity index (χ4v) is 2.03. The molecule has 1 aromatic heterocycles. The Morgan fingerprint density at radius 2 is 2.10 bits per heavy atom. The van der Waals surface area contributed by atoms with Gasteiger partial charge in [-0.25, -0.2) is 9.48 Å². The lowest BCUT2D eigenvalue weighted by Gasteiger charge is -2.07. The van der Waals surface area contributed by atoms with E-state index >= 15 is 0 Å². The van der Waals surface area contributed by atoms with Crippen molar-refractivity contribution in [3.05, 3.63) is 61.0 Å². The number of aromatic carboxylic acids is 1. The average molecular weight is 340 g/mol. The molecule has 0 aliphatic heterocycles. The summed E-state index contributed by atoms with van der Waals surface area (Å²) in [6, 6.07) is 4.96. The number of carboxylic acids is 1. The third-order valence-electron chi connectivity index (χ3n) is 2.40. The molecular formula is C11H6BrN3O5. The second-order valence-corrected chi connectivity index (χ2v) is 4.53. The third kappa shape index (κ3) is 2.57. The Hall–Kier alpha value is -2.55. The van der Waals surface area contributed by atoms with E-state index in [2.05, 4.69) is 21.0 Å². The smallest absolute Gasteiger partial charge is 0.360 e. The number of hydrogen-bond donors (Lipinski definition) is 1. The molecule has 1 aromatic carbocycles. The first kappa shape index (κ1) is 13.9. The number of halogens is 1. The van der Waals surface area contributed by atoms with Crippen LogP contribution in [0.25, 0.3) is 5.69 Å². The first-order valence-corrected chi connectivity index (χ1v) is 5.97. The second kappa shape index (κ2) is 5.21. The van der Waals surface area contributed by atoms with E-state index in [9.17, 15) is 19.7 Å². The molecule has 1 heterocycles. The summed E-state index contributed by atoms with van der Waals surface area (Å²) in [5.41, 5.74) is -1.09. The van der Waals surface area contributed by atoms with Gasteiger partial charge in [-0.1, -0.05) is 0 Å². The van der Waals surface area contributed by atoms with Gasteiger partial charge in [-0.3, -0.25) is 14.9 Å². The zero-order valence-corrected chi connectivity index (χ0v) is 11.3. The van der Waals surface area contributed by atoms with E-state index in [0.717, 1.165) is 10.7 Å². The highest BCUT2D eigenvalue weighted by Gasteiger charge is 2.14. The molecule has 0 saturated carbocycles. The molecule has 0 aliphatic rings. The molecular weight excluding hydrogens is 334 g/mol. The standard InChI is InChI=1S/C11H6BrN3O5/c12-7-5-6(15(19)20)1-2-8(7)14-4-3-9(16)10(13-14)11(17)18/h1-5H,(H,17,18). The molecule has 2 aromatic rings. The predicted molar refractivity (Wildman–Crippen MR) is 71.1 cm³/mol. The molecule has 0 unspecified atom stereocenters. The van der Waals surface area contributed by atoms with Crippen molar-refractivity contribution in [3.63, 3.8) is 0 Å². The number of hydrogen-bond acceptors (Lipinski definition) is 5. The van der Waals surface area contributed by atoms with E-state index in [4.69, 9.17) is 5.11 Å². The minimum Gasteiger partial charge on any atom is -0.476 e. The molecule has 0 saturated heterocycles. The van der Waals surface area contributed by atoms with Crippen LogP contribution in [0.2, 0.25) is 0 Å². The van der Waals surface area contributed by atoms with Crippen LogP contribution in [0.15, 0.2) is 39.7 Å². The van der Waals surface area contributed by atoms with E-state index in [0.29, 0.717) is 10.2 Å². The van der Waals surface area contributed by atoms with Crippen LogP contribution in [-0.4, -0.2) is 25.8 Å². The summed E-state index contributed by atoms with van der Waals surface area (Å²) in [5, 5.41) is 23.2. The van der Waals surface area contributed by atoms with Crippen molar-refractivity contribution in [1.29, 1.82) is 0 Å². The molecule has 8 nitrogen and oxygen atoms in total. The monoisotopic (exact) mass is 339 g/mol. The van der Waals surface area contributed by atoms with Crippen LogP contribution < -0.4 is 5.43 Å². The third-order valence-corrected chi connectivity index (χ3v) is 3.03. The van der Waals surface area contributed by atoms with Crippen LogP contribution in [0.1, 0.15) is 10.5 Å². The van der Waals surface area contributed by atoms with Crippen LogP contribution in [0.3, 0.4) is 0 Å². The number of nitrogens with zero attached hydrogens (tertiary/aromatic N) is 3. The molecule has 0 amide bonds. The fraction of sp³-hybridized carbons (Fsp3) is 0. The highest BCUT2D eigenvalue weighted by molar-refractivity contribution is 9.10. The summed E-state index contributed by atoms with van der Waals surface area (Å²) in [5.74, 6) is -1.44. The minimum atomic E-state index is -1.44. The van der Waals surface area contributed by atoms with Gasteiger partial charge in [-0.2, -0.15) is 5.10 Å². The van der Waals surface area contributed by atoms with Gasteiger partial charge in [0.2, 0.25) is 11.1 Å². The van der Waals surface area contributed by atoms with Crippen molar-refractivity contribution in [1.82, 2.24) is 9.78 Å². The summed E-state index contributed by atoms with van der Waals surface area (Å²) in [4.78, 5) is 32.2. The lowest BCUT2D eigenvalue weighted by molar-refractivity contribution is -0.384. The van der Waals surface area contributed by atoms with Gasteiger partial charge in [0.15, 0.2) is 0 Å². The maximum atomic E-state index is 11.3. The lowest BCUT2D eigenvalue weighted by Crippen LogP contribution is -2.20. The van der Waals surface area contributed by atoms with Crippen molar-refractivity contribution in [2.24, 2.45) is 0 Å². The summed E-state index contributed by atoms with van der Waals surface area (Å²) < 4.78 is 1.50. The molecule has 102 valence electrons. The van der Waals surface area contributed by atoms with Gasteiger partial charge in [-0.05, 0) is 22.0 Å². The molecule has 2 rings (SSSR count). The number of rotatable bonds is 3. The summed E-state index contributed by atoms with van der Waals surface area (Å²) >= 11 is 3.14. The van der Waals surface area contributed by atoms with Gasteiger partial charge in [0.05, 0.1) is 15.1 Å². The van der Waals surface area contributed by atoms with Crippen molar-refractivity contribution in [2.75, 3.05) is 0 Å². The van der Waals surface area contributed by atoms with Crippen LogP contribution in [0, 0.1) is 10.1 Å². The molecule has 0 aliphatic carbocycles. The second-order valence-electron chi connectivity index (χ2n) is 3.67. The van der Waals surface area contributed by atoms with Gasteiger partial charge >= 0.3 is 5.97 Å². The number of aromatic nitrogens is 2. The molecule has 0 atom stereocenters. The van der Waals surface area contributed by atoms with Crippen molar-refractivity contribution >= 4 is 27.6 Å². The molecule has 0 radical (unpaired) electrons. The molecule has 0 bridgehead atoms. The van der Waals surface area contributed by atoms with Crippen molar-refractivity contribution in [3.8, 4) is 5.69 Å². The molecule has 0 spiro atoms. The predicted octanol–water partition coefficient (Wildman–Crippen LogP) is 1.60. The topological polar surface area (TPSA) is 115 Å². The maximum Gasteiger partial charge on any atom is 0.360 e. The number of benzene rings is 1. The number of carbonyl (C=O) groups is 1. The van der Waals surface area contributed by atoms with Crippen LogP contribution >= 0.6 is 15.9 Å². The van der Waals surface area contributed by atoms with Crippen LogP contribution in [0.5, 0.6) is 0 Å². The summed E-state index contributed by atoms with van der Waals surface area (Å²) in [7, 11) is 0. The first-order valence-electron chi connectivity index (χ1n) is 5.18. The Morgan fingerprint density at radius 1 is 1.40 bits per heavy atom. The van der Waals surface area contributed by atoms with E-state index in [-0.39, 0.29) is 5.69 Å². The van der Waals surface area contributed by atoms with Gasteiger partial charge in [0, 0.05) is 24.4 Å². The highest BCUT2D eigenvalue weighted by Crippen LogP contribution is 2.25. The summed E-state index contributed by atoms with van der Waals surface area (Å²) in [6.45, 7) is 0. The van der Waals surface area contributed by atoms with Crippen LogP contribution in [0.4, 0.5) is 5.69 Å². The Balaban J connectivity index is 2.57. The fourth-order valence-electron chi connectivity index (χ4n) is 1.49. The molecule has 9 heteroatoms. The Labute approximate surface area is 119 Å². The Bertz CT molecular complexity index is 771. The maximum absolute atomic E-state index is 11.3. The molecule has 1 N–H and O–H groups in total. The normalized spacial score (nSPS) is 10.2. The zero-order chi connectivity index (χ0) is 14.9. The lowest BCUT2D eigenvalue weighted by atomic mass is 10.3. The Morgan fingerprint density at radius 3 is 2.65 bits per heavy atom. The number of nitro groups is 1. The van der Waals surface area contributed by atoms with Crippen molar-refractivity contribution < 1.29 is 14.8 Å². The van der Waals surface area contributed by atoms with E-state index in [1.165, 1.54) is 24.4 Å². The number of carboxylic acid groups (broad SMARTS) is 1. The first-order chi connectivity index (χ1) is 9.40. The zero-order valence-electron chi connectivity index (χ0n) is 9.69. The largest absolute Gasteiger partial charge is 0.476 e. The van der Waals surface area contributed by atoms with Gasteiger partial charge in [0.25, 0.3) is 5.69 Å².